The molecule has 1 N–H and O–H groups in total. The summed E-state index contributed by atoms with van der Waals surface area (Å²) >= 11 is 0. The number of carboxylic acid groups (broad SMARTS) is 1. The van der Waals surface area contributed by atoms with Gasteiger partial charge in [0, 0.05) is 13.5 Å². The first-order valence-electron chi connectivity index (χ1n) is 5.22. The Kier molecular flexibility index (Phi) is 4.20. The Balaban J connectivity index is 3.17. The number of benzene rings is 1. The van der Waals surface area contributed by atoms with Gasteiger partial charge in [0.25, 0.3) is 0 Å². The third-order valence-electron chi connectivity index (χ3n) is 2.46. The Bertz CT molecular complexity index is 434. The molecule has 0 aromatic heterocycles. The summed E-state index contributed by atoms with van der Waals surface area (Å²) in [5.41, 5.74) is 0.259. The van der Waals surface area contributed by atoms with Crippen molar-refractivity contribution >= 4 is 11.9 Å². The van der Waals surface area contributed by atoms with Crippen molar-refractivity contribution in [2.75, 3.05) is 6.54 Å². The number of rotatable bonds is 4. The third kappa shape index (κ3) is 3.03. The average Bonchev–Trinajstić information content (AvgIpc) is 2.24. The van der Waals surface area contributed by atoms with Gasteiger partial charge in [-0.1, -0.05) is 12.1 Å². The van der Waals surface area contributed by atoms with Crippen molar-refractivity contribution in [1.29, 1.82) is 0 Å². The molecule has 1 unspecified atom stereocenters. The molecule has 5 heteroatoms. The highest BCUT2D eigenvalue weighted by molar-refractivity contribution is 5.83. The number of carbonyl (C=O) groups excluding carboxylic acids is 1. The molecule has 17 heavy (non-hydrogen) atoms. The van der Waals surface area contributed by atoms with Gasteiger partial charge in [0.15, 0.2) is 6.04 Å². The van der Waals surface area contributed by atoms with Gasteiger partial charge in [0.1, 0.15) is 5.82 Å². The normalized spacial score (nSPS) is 11.9. The molecule has 0 saturated heterocycles. The Hall–Kier alpha value is -1.91. The molecular weight excluding hydrogens is 225 g/mol. The smallest absolute Gasteiger partial charge is 0.331 e. The maximum absolute atomic E-state index is 13.1. The third-order valence-corrected chi connectivity index (χ3v) is 2.46. The molecule has 0 heterocycles. The number of carboxylic acids is 1. The van der Waals surface area contributed by atoms with Crippen LogP contribution >= 0.6 is 0 Å². The lowest BCUT2D eigenvalue weighted by atomic mass is 10.1. The van der Waals surface area contributed by atoms with E-state index < -0.39 is 17.8 Å². The van der Waals surface area contributed by atoms with Gasteiger partial charge in [-0.05, 0) is 24.6 Å². The standard InChI is InChI=1S/C12H14FNO3/c1-3-14(8(2)15)11(12(16)17)9-5-4-6-10(13)7-9/h4-7,11H,3H2,1-2H3,(H,16,17). The van der Waals surface area contributed by atoms with Crippen molar-refractivity contribution in [1.82, 2.24) is 4.90 Å². The van der Waals surface area contributed by atoms with Crippen LogP contribution in [0.3, 0.4) is 0 Å². The Morgan fingerprint density at radius 1 is 1.47 bits per heavy atom. The Morgan fingerprint density at radius 2 is 2.12 bits per heavy atom. The van der Waals surface area contributed by atoms with Crippen molar-refractivity contribution < 1.29 is 19.1 Å². The molecule has 1 amide bonds. The number of hydrogen-bond donors (Lipinski definition) is 1. The molecule has 4 nitrogen and oxygen atoms in total. The fourth-order valence-electron chi connectivity index (χ4n) is 1.72. The highest BCUT2D eigenvalue weighted by atomic mass is 19.1. The first-order valence-corrected chi connectivity index (χ1v) is 5.22. The van der Waals surface area contributed by atoms with Crippen molar-refractivity contribution in [3.63, 3.8) is 0 Å². The predicted molar refractivity (Wildman–Crippen MR) is 59.8 cm³/mol. The Morgan fingerprint density at radius 3 is 2.53 bits per heavy atom. The SMILES string of the molecule is CCN(C(C)=O)C(C(=O)O)c1cccc(F)c1. The van der Waals surface area contributed by atoms with Crippen LogP contribution in [-0.4, -0.2) is 28.4 Å². The number of carbonyl (C=O) groups is 2. The molecule has 1 atom stereocenters. The maximum atomic E-state index is 13.1. The number of halogens is 1. The lowest BCUT2D eigenvalue weighted by Crippen LogP contribution is -2.37. The van der Waals surface area contributed by atoms with Gasteiger partial charge in [0.05, 0.1) is 0 Å². The summed E-state index contributed by atoms with van der Waals surface area (Å²) in [7, 11) is 0. The van der Waals surface area contributed by atoms with Gasteiger partial charge in [-0.15, -0.1) is 0 Å². The van der Waals surface area contributed by atoms with E-state index in [0.717, 1.165) is 6.07 Å². The first-order chi connectivity index (χ1) is 7.97. The minimum Gasteiger partial charge on any atom is -0.479 e. The van der Waals surface area contributed by atoms with Crippen molar-refractivity contribution in [3.8, 4) is 0 Å². The molecule has 92 valence electrons. The van der Waals surface area contributed by atoms with E-state index in [1.165, 1.54) is 30.0 Å². The molecular formula is C12H14FNO3. The van der Waals surface area contributed by atoms with Gasteiger partial charge in [-0.2, -0.15) is 0 Å². The van der Waals surface area contributed by atoms with Gasteiger partial charge < -0.3 is 10.0 Å². The second-order valence-electron chi connectivity index (χ2n) is 3.60. The molecule has 0 aliphatic rings. The zero-order valence-electron chi connectivity index (χ0n) is 9.68. The molecule has 1 aromatic rings. The van der Waals surface area contributed by atoms with Gasteiger partial charge in [-0.3, -0.25) is 4.79 Å². The van der Waals surface area contributed by atoms with E-state index in [4.69, 9.17) is 5.11 Å². The quantitative estimate of drug-likeness (QED) is 0.871. The van der Waals surface area contributed by atoms with Crippen LogP contribution in [0, 0.1) is 5.82 Å². The molecule has 0 saturated carbocycles. The van der Waals surface area contributed by atoms with E-state index in [-0.39, 0.29) is 18.0 Å². The number of likely N-dealkylation sites (N-methyl/N-ethyl adjacent to an activating group) is 1. The highest BCUT2D eigenvalue weighted by Crippen LogP contribution is 2.21. The predicted octanol–water partition coefficient (Wildman–Crippen LogP) is 1.82. The van der Waals surface area contributed by atoms with E-state index in [1.54, 1.807) is 6.92 Å². The van der Waals surface area contributed by atoms with Crippen LogP contribution in [0.2, 0.25) is 0 Å². The monoisotopic (exact) mass is 239 g/mol. The number of amides is 1. The topological polar surface area (TPSA) is 57.6 Å². The zero-order valence-corrected chi connectivity index (χ0v) is 9.68. The zero-order chi connectivity index (χ0) is 13.0. The largest absolute Gasteiger partial charge is 0.479 e. The van der Waals surface area contributed by atoms with Crippen molar-refractivity contribution in [3.05, 3.63) is 35.6 Å². The van der Waals surface area contributed by atoms with E-state index >= 15 is 0 Å². The van der Waals surface area contributed by atoms with Gasteiger partial charge >= 0.3 is 5.97 Å². The molecule has 0 aliphatic carbocycles. The van der Waals surface area contributed by atoms with Crippen LogP contribution in [0.5, 0.6) is 0 Å². The van der Waals surface area contributed by atoms with Gasteiger partial charge in [0.2, 0.25) is 5.91 Å². The summed E-state index contributed by atoms with van der Waals surface area (Å²) in [6.07, 6.45) is 0. The molecule has 1 rings (SSSR count). The van der Waals surface area contributed by atoms with Crippen LogP contribution < -0.4 is 0 Å². The minimum atomic E-state index is -1.17. The summed E-state index contributed by atoms with van der Waals surface area (Å²) in [5, 5.41) is 9.15. The van der Waals surface area contributed by atoms with E-state index in [1.807, 2.05) is 0 Å². The van der Waals surface area contributed by atoms with Crippen LogP contribution in [-0.2, 0) is 9.59 Å². The van der Waals surface area contributed by atoms with Crippen LogP contribution in [0.15, 0.2) is 24.3 Å². The lowest BCUT2D eigenvalue weighted by molar-refractivity contribution is -0.149. The van der Waals surface area contributed by atoms with Crippen LogP contribution in [0.25, 0.3) is 0 Å². The number of nitrogens with zero attached hydrogens (tertiary/aromatic N) is 1. The highest BCUT2D eigenvalue weighted by Gasteiger charge is 2.28. The van der Waals surface area contributed by atoms with E-state index in [9.17, 15) is 14.0 Å². The molecule has 0 radical (unpaired) electrons. The number of aliphatic carboxylic acids is 1. The second-order valence-corrected chi connectivity index (χ2v) is 3.60. The van der Waals surface area contributed by atoms with Gasteiger partial charge in [-0.25, -0.2) is 9.18 Å². The summed E-state index contributed by atoms with van der Waals surface area (Å²) in [6.45, 7) is 3.22. The lowest BCUT2D eigenvalue weighted by Gasteiger charge is -2.26. The minimum absolute atomic E-state index is 0.253. The fourth-order valence-corrected chi connectivity index (χ4v) is 1.72. The summed E-state index contributed by atoms with van der Waals surface area (Å²) in [5.74, 6) is -2.05. The average molecular weight is 239 g/mol. The fraction of sp³-hybridized carbons (Fsp3) is 0.333. The van der Waals surface area contributed by atoms with E-state index in [0.29, 0.717) is 0 Å². The van der Waals surface area contributed by atoms with Crippen LogP contribution in [0.1, 0.15) is 25.5 Å². The summed E-state index contributed by atoms with van der Waals surface area (Å²) < 4.78 is 13.1. The first kappa shape index (κ1) is 13.2. The van der Waals surface area contributed by atoms with Crippen LogP contribution in [0.4, 0.5) is 4.39 Å². The second kappa shape index (κ2) is 5.43. The molecule has 1 aromatic carbocycles. The number of hydrogen-bond acceptors (Lipinski definition) is 2. The Labute approximate surface area is 98.7 Å². The molecule has 0 spiro atoms. The molecule has 0 fully saturated rings. The van der Waals surface area contributed by atoms with Crippen molar-refractivity contribution in [2.24, 2.45) is 0 Å². The summed E-state index contributed by atoms with van der Waals surface area (Å²) in [6, 6.07) is 4.13. The molecule has 0 aliphatic heterocycles. The molecule has 0 bridgehead atoms. The van der Waals surface area contributed by atoms with E-state index in [2.05, 4.69) is 0 Å². The maximum Gasteiger partial charge on any atom is 0.331 e. The summed E-state index contributed by atoms with van der Waals surface area (Å²) in [4.78, 5) is 23.7. The van der Waals surface area contributed by atoms with Crippen molar-refractivity contribution in [2.45, 2.75) is 19.9 Å².